The first-order valence-corrected chi connectivity index (χ1v) is 6.15. The van der Waals surface area contributed by atoms with E-state index in [1.807, 2.05) is 0 Å². The molecule has 0 spiro atoms. The summed E-state index contributed by atoms with van der Waals surface area (Å²) in [6.07, 6.45) is 6.85. The SMILES string of the molecule is CCCC(C)OCCC1CCCNC1. The number of hydrogen-bond acceptors (Lipinski definition) is 2. The molecule has 0 aromatic rings. The Kier molecular flexibility index (Phi) is 6.20. The lowest BCUT2D eigenvalue weighted by molar-refractivity contribution is 0.0488. The average molecular weight is 199 g/mol. The zero-order valence-electron chi connectivity index (χ0n) is 9.72. The summed E-state index contributed by atoms with van der Waals surface area (Å²) in [5, 5.41) is 3.44. The molecule has 0 radical (unpaired) electrons. The summed E-state index contributed by atoms with van der Waals surface area (Å²) in [5.41, 5.74) is 0. The van der Waals surface area contributed by atoms with Crippen LogP contribution in [0.2, 0.25) is 0 Å². The Morgan fingerprint density at radius 1 is 1.50 bits per heavy atom. The Labute approximate surface area is 88.4 Å². The third-order valence-corrected chi connectivity index (χ3v) is 3.02. The summed E-state index contributed by atoms with van der Waals surface area (Å²) < 4.78 is 5.76. The molecule has 1 aliphatic heterocycles. The van der Waals surface area contributed by atoms with E-state index in [9.17, 15) is 0 Å². The van der Waals surface area contributed by atoms with Gasteiger partial charge >= 0.3 is 0 Å². The number of rotatable bonds is 6. The summed E-state index contributed by atoms with van der Waals surface area (Å²) >= 11 is 0. The summed E-state index contributed by atoms with van der Waals surface area (Å²) in [7, 11) is 0. The van der Waals surface area contributed by atoms with E-state index in [1.54, 1.807) is 0 Å². The Morgan fingerprint density at radius 3 is 3.00 bits per heavy atom. The van der Waals surface area contributed by atoms with E-state index in [0.717, 1.165) is 12.5 Å². The zero-order valence-corrected chi connectivity index (χ0v) is 9.72. The van der Waals surface area contributed by atoms with Crippen LogP contribution in [0.5, 0.6) is 0 Å². The van der Waals surface area contributed by atoms with Crippen molar-refractivity contribution in [1.29, 1.82) is 0 Å². The molecule has 0 saturated carbocycles. The normalized spacial score (nSPS) is 24.9. The predicted octanol–water partition coefficient (Wildman–Crippen LogP) is 2.58. The van der Waals surface area contributed by atoms with Crippen molar-refractivity contribution in [3.05, 3.63) is 0 Å². The van der Waals surface area contributed by atoms with Gasteiger partial charge in [0.2, 0.25) is 0 Å². The molecule has 84 valence electrons. The van der Waals surface area contributed by atoms with Gasteiger partial charge in [-0.25, -0.2) is 0 Å². The zero-order chi connectivity index (χ0) is 10.2. The average Bonchev–Trinajstić information content (AvgIpc) is 2.20. The highest BCUT2D eigenvalue weighted by molar-refractivity contribution is 4.68. The second-order valence-electron chi connectivity index (χ2n) is 4.47. The van der Waals surface area contributed by atoms with Crippen LogP contribution in [0, 0.1) is 5.92 Å². The first kappa shape index (κ1) is 12.0. The van der Waals surface area contributed by atoms with Crippen molar-refractivity contribution >= 4 is 0 Å². The van der Waals surface area contributed by atoms with E-state index >= 15 is 0 Å². The van der Waals surface area contributed by atoms with Crippen molar-refractivity contribution in [2.75, 3.05) is 19.7 Å². The van der Waals surface area contributed by atoms with Crippen molar-refractivity contribution in [3.63, 3.8) is 0 Å². The summed E-state index contributed by atoms with van der Waals surface area (Å²) in [5.74, 6) is 0.859. The molecule has 1 heterocycles. The number of nitrogens with one attached hydrogen (secondary N) is 1. The van der Waals surface area contributed by atoms with E-state index in [4.69, 9.17) is 4.74 Å². The fourth-order valence-electron chi connectivity index (χ4n) is 2.10. The molecule has 2 nitrogen and oxygen atoms in total. The van der Waals surface area contributed by atoms with Gasteiger partial charge in [-0.3, -0.25) is 0 Å². The molecule has 1 fully saturated rings. The van der Waals surface area contributed by atoms with Gasteiger partial charge in [0.1, 0.15) is 0 Å². The van der Waals surface area contributed by atoms with Crippen LogP contribution in [-0.2, 0) is 4.74 Å². The molecule has 1 N–H and O–H groups in total. The Balaban J connectivity index is 1.96. The smallest absolute Gasteiger partial charge is 0.0546 e. The monoisotopic (exact) mass is 199 g/mol. The maximum absolute atomic E-state index is 5.76. The van der Waals surface area contributed by atoms with E-state index in [0.29, 0.717) is 6.10 Å². The van der Waals surface area contributed by atoms with Crippen molar-refractivity contribution in [3.8, 4) is 0 Å². The van der Waals surface area contributed by atoms with Gasteiger partial charge in [-0.1, -0.05) is 13.3 Å². The van der Waals surface area contributed by atoms with E-state index in [1.165, 1.54) is 45.2 Å². The molecule has 1 saturated heterocycles. The summed E-state index contributed by atoms with van der Waals surface area (Å²) in [4.78, 5) is 0. The van der Waals surface area contributed by atoms with Gasteiger partial charge in [-0.05, 0) is 51.6 Å². The third kappa shape index (κ3) is 4.97. The van der Waals surface area contributed by atoms with Crippen LogP contribution in [0.25, 0.3) is 0 Å². The van der Waals surface area contributed by atoms with Crippen LogP contribution in [0.4, 0.5) is 0 Å². The molecule has 1 aliphatic rings. The van der Waals surface area contributed by atoms with Gasteiger partial charge in [-0.15, -0.1) is 0 Å². The largest absolute Gasteiger partial charge is 0.378 e. The van der Waals surface area contributed by atoms with Crippen molar-refractivity contribution in [2.24, 2.45) is 5.92 Å². The lowest BCUT2D eigenvalue weighted by Crippen LogP contribution is -2.30. The minimum absolute atomic E-state index is 0.455. The molecule has 0 aromatic heterocycles. The van der Waals surface area contributed by atoms with Gasteiger partial charge in [-0.2, -0.15) is 0 Å². The molecule has 14 heavy (non-hydrogen) atoms. The lowest BCUT2D eigenvalue weighted by atomic mass is 9.97. The minimum atomic E-state index is 0.455. The fourth-order valence-corrected chi connectivity index (χ4v) is 2.10. The van der Waals surface area contributed by atoms with E-state index in [-0.39, 0.29) is 0 Å². The van der Waals surface area contributed by atoms with E-state index < -0.39 is 0 Å². The highest BCUT2D eigenvalue weighted by Crippen LogP contribution is 2.14. The van der Waals surface area contributed by atoms with Gasteiger partial charge in [0.05, 0.1) is 6.10 Å². The molecular formula is C12H25NO. The molecule has 1 rings (SSSR count). The van der Waals surface area contributed by atoms with Crippen LogP contribution in [0.15, 0.2) is 0 Å². The maximum atomic E-state index is 5.76. The Hall–Kier alpha value is -0.0800. The summed E-state index contributed by atoms with van der Waals surface area (Å²) in [6.45, 7) is 7.76. The van der Waals surface area contributed by atoms with Crippen molar-refractivity contribution in [2.45, 2.75) is 52.1 Å². The highest BCUT2D eigenvalue weighted by Gasteiger charge is 2.12. The van der Waals surface area contributed by atoms with Crippen molar-refractivity contribution in [1.82, 2.24) is 5.32 Å². The van der Waals surface area contributed by atoms with E-state index in [2.05, 4.69) is 19.2 Å². The standard InChI is InChI=1S/C12H25NO/c1-3-5-11(2)14-9-7-12-6-4-8-13-10-12/h11-13H,3-10H2,1-2H3. The topological polar surface area (TPSA) is 21.3 Å². The first-order valence-electron chi connectivity index (χ1n) is 6.15. The van der Waals surface area contributed by atoms with Gasteiger partial charge in [0.25, 0.3) is 0 Å². The molecule has 0 aromatic carbocycles. The molecule has 2 unspecified atom stereocenters. The predicted molar refractivity (Wildman–Crippen MR) is 60.5 cm³/mol. The number of piperidine rings is 1. The van der Waals surface area contributed by atoms with Gasteiger partial charge < -0.3 is 10.1 Å². The Bertz CT molecular complexity index is 132. The van der Waals surface area contributed by atoms with Crippen LogP contribution >= 0.6 is 0 Å². The van der Waals surface area contributed by atoms with Gasteiger partial charge in [0, 0.05) is 6.61 Å². The second kappa shape index (κ2) is 7.24. The van der Waals surface area contributed by atoms with Crippen LogP contribution in [0.3, 0.4) is 0 Å². The lowest BCUT2D eigenvalue weighted by Gasteiger charge is -2.23. The summed E-state index contributed by atoms with van der Waals surface area (Å²) in [6, 6.07) is 0. The molecule has 0 aliphatic carbocycles. The molecule has 0 amide bonds. The van der Waals surface area contributed by atoms with Crippen molar-refractivity contribution < 1.29 is 4.74 Å². The van der Waals surface area contributed by atoms with Crippen LogP contribution in [0.1, 0.15) is 46.0 Å². The fraction of sp³-hybridized carbons (Fsp3) is 1.00. The molecule has 2 heteroatoms. The number of hydrogen-bond donors (Lipinski definition) is 1. The van der Waals surface area contributed by atoms with Crippen LogP contribution in [-0.4, -0.2) is 25.8 Å². The Morgan fingerprint density at radius 2 is 2.36 bits per heavy atom. The molecule has 2 atom stereocenters. The van der Waals surface area contributed by atoms with Gasteiger partial charge in [0.15, 0.2) is 0 Å². The minimum Gasteiger partial charge on any atom is -0.378 e. The highest BCUT2D eigenvalue weighted by atomic mass is 16.5. The maximum Gasteiger partial charge on any atom is 0.0546 e. The quantitative estimate of drug-likeness (QED) is 0.710. The third-order valence-electron chi connectivity index (χ3n) is 3.02. The molecule has 0 bridgehead atoms. The second-order valence-corrected chi connectivity index (χ2v) is 4.47. The van der Waals surface area contributed by atoms with Crippen LogP contribution < -0.4 is 5.32 Å². The number of ether oxygens (including phenoxy) is 1. The molecular weight excluding hydrogens is 174 g/mol. The first-order chi connectivity index (χ1) is 6.83.